The molecule has 140 valence electrons. The number of carbonyl (C=O) groups is 1. The van der Waals surface area contributed by atoms with E-state index in [0.717, 1.165) is 16.5 Å². The van der Waals surface area contributed by atoms with Crippen molar-refractivity contribution >= 4 is 26.9 Å². The fourth-order valence-corrected chi connectivity index (χ4v) is 3.07. The van der Waals surface area contributed by atoms with Crippen molar-refractivity contribution in [2.24, 2.45) is 5.14 Å². The number of esters is 1. The van der Waals surface area contributed by atoms with Gasteiger partial charge in [-0.05, 0) is 35.9 Å². The van der Waals surface area contributed by atoms with E-state index in [2.05, 4.69) is 4.98 Å². The summed E-state index contributed by atoms with van der Waals surface area (Å²) in [6, 6.07) is 15.1. The molecule has 0 aliphatic heterocycles. The summed E-state index contributed by atoms with van der Waals surface area (Å²) in [7, 11) is -3.73. The first kappa shape index (κ1) is 18.8. The fraction of sp³-hybridized carbons (Fsp3) is 0.158. The van der Waals surface area contributed by atoms with Crippen LogP contribution >= 0.6 is 0 Å². The zero-order valence-electron chi connectivity index (χ0n) is 14.4. The van der Waals surface area contributed by atoms with Crippen molar-refractivity contribution in [3.8, 4) is 5.75 Å². The van der Waals surface area contributed by atoms with E-state index in [0.29, 0.717) is 5.75 Å². The van der Waals surface area contributed by atoms with E-state index in [4.69, 9.17) is 14.6 Å². The number of ether oxygens (including phenoxy) is 2. The van der Waals surface area contributed by atoms with Crippen LogP contribution in [0, 0.1) is 0 Å². The number of carbonyl (C=O) groups excluding carboxylic acids is 1. The lowest BCUT2D eigenvalue weighted by Gasteiger charge is -2.09. The lowest BCUT2D eigenvalue weighted by molar-refractivity contribution is -0.143. The van der Waals surface area contributed by atoms with Gasteiger partial charge in [-0.25, -0.2) is 13.6 Å². The maximum absolute atomic E-state index is 12.0. The molecule has 0 aliphatic carbocycles. The Morgan fingerprint density at radius 1 is 1.00 bits per heavy atom. The van der Waals surface area contributed by atoms with Crippen LogP contribution in [0.25, 0.3) is 10.9 Å². The number of nitrogens with zero attached hydrogens (tertiary/aromatic N) is 1. The van der Waals surface area contributed by atoms with Crippen LogP contribution in [-0.4, -0.2) is 32.6 Å². The molecule has 2 aromatic carbocycles. The predicted molar refractivity (Wildman–Crippen MR) is 99.7 cm³/mol. The van der Waals surface area contributed by atoms with Crippen molar-refractivity contribution in [1.82, 2.24) is 4.98 Å². The third-order valence-corrected chi connectivity index (χ3v) is 4.75. The minimum absolute atomic E-state index is 0.00461. The Hall–Kier alpha value is -2.97. The Kier molecular flexibility index (Phi) is 5.68. The number of fused-ring (bicyclic) bond motifs is 1. The summed E-state index contributed by atoms with van der Waals surface area (Å²) in [5.41, 5.74) is 1.58. The molecule has 3 rings (SSSR count). The number of primary sulfonamides is 1. The number of nitrogens with two attached hydrogens (primary N) is 1. The topological polar surface area (TPSA) is 109 Å². The lowest BCUT2D eigenvalue weighted by Crippen LogP contribution is -2.14. The summed E-state index contributed by atoms with van der Waals surface area (Å²) >= 11 is 0. The maximum atomic E-state index is 12.0. The van der Waals surface area contributed by atoms with Crippen LogP contribution in [0.3, 0.4) is 0 Å². The van der Waals surface area contributed by atoms with Crippen molar-refractivity contribution in [2.45, 2.75) is 11.3 Å². The van der Waals surface area contributed by atoms with Crippen LogP contribution in [0.15, 0.2) is 65.7 Å². The Morgan fingerprint density at radius 2 is 1.74 bits per heavy atom. The van der Waals surface area contributed by atoms with Gasteiger partial charge in [-0.3, -0.25) is 9.78 Å². The molecular weight excluding hydrogens is 368 g/mol. The molecule has 0 aliphatic rings. The highest BCUT2D eigenvalue weighted by atomic mass is 32.2. The number of benzene rings is 2. The number of hydrogen-bond acceptors (Lipinski definition) is 6. The highest BCUT2D eigenvalue weighted by molar-refractivity contribution is 7.89. The van der Waals surface area contributed by atoms with Crippen molar-refractivity contribution in [1.29, 1.82) is 0 Å². The number of aromatic nitrogens is 1. The second-order valence-electron chi connectivity index (χ2n) is 5.75. The van der Waals surface area contributed by atoms with E-state index >= 15 is 0 Å². The van der Waals surface area contributed by atoms with Crippen LogP contribution < -0.4 is 9.88 Å². The molecule has 2 N–H and O–H groups in total. The predicted octanol–water partition coefficient (Wildman–Crippen LogP) is 2.05. The van der Waals surface area contributed by atoms with E-state index in [1.807, 2.05) is 30.3 Å². The SMILES string of the molecule is NS(=O)(=O)c1ccc(OCCOC(=O)Cc2cccc3cccnc23)cc1. The molecule has 1 heterocycles. The number of hydrogen-bond donors (Lipinski definition) is 1. The second-order valence-corrected chi connectivity index (χ2v) is 7.32. The van der Waals surface area contributed by atoms with E-state index < -0.39 is 10.0 Å². The monoisotopic (exact) mass is 386 g/mol. The Balaban J connectivity index is 1.48. The van der Waals surface area contributed by atoms with Crippen molar-refractivity contribution in [3.05, 3.63) is 66.4 Å². The smallest absolute Gasteiger partial charge is 0.310 e. The summed E-state index contributed by atoms with van der Waals surface area (Å²) in [4.78, 5) is 16.4. The zero-order valence-corrected chi connectivity index (χ0v) is 15.2. The molecule has 7 nitrogen and oxygen atoms in total. The van der Waals surface area contributed by atoms with Gasteiger partial charge in [0.25, 0.3) is 0 Å². The quantitative estimate of drug-likeness (QED) is 0.492. The number of pyridine rings is 1. The molecule has 0 fully saturated rings. The molecule has 0 saturated heterocycles. The van der Waals surface area contributed by atoms with Gasteiger partial charge in [-0.2, -0.15) is 0 Å². The third kappa shape index (κ3) is 5.02. The van der Waals surface area contributed by atoms with Gasteiger partial charge in [0.05, 0.1) is 16.8 Å². The van der Waals surface area contributed by atoms with Crippen LogP contribution in [0.5, 0.6) is 5.75 Å². The van der Waals surface area contributed by atoms with Crippen LogP contribution in [-0.2, 0) is 26.0 Å². The average molecular weight is 386 g/mol. The van der Waals surface area contributed by atoms with Gasteiger partial charge in [-0.15, -0.1) is 0 Å². The van der Waals surface area contributed by atoms with E-state index in [1.54, 1.807) is 6.20 Å². The van der Waals surface area contributed by atoms with Crippen molar-refractivity contribution in [3.63, 3.8) is 0 Å². The molecule has 0 atom stereocenters. The van der Waals surface area contributed by atoms with Gasteiger partial charge < -0.3 is 9.47 Å². The van der Waals surface area contributed by atoms with Crippen LogP contribution in [0.4, 0.5) is 0 Å². The van der Waals surface area contributed by atoms with E-state index in [1.165, 1.54) is 24.3 Å². The summed E-state index contributed by atoms with van der Waals surface area (Å²) in [6.07, 6.45) is 1.81. The van der Waals surface area contributed by atoms with Gasteiger partial charge in [0, 0.05) is 11.6 Å². The van der Waals surface area contributed by atoms with Crippen LogP contribution in [0.2, 0.25) is 0 Å². The Bertz CT molecular complexity index is 1040. The van der Waals surface area contributed by atoms with Crippen molar-refractivity contribution in [2.75, 3.05) is 13.2 Å². The molecule has 0 amide bonds. The van der Waals surface area contributed by atoms with Crippen molar-refractivity contribution < 1.29 is 22.7 Å². The molecule has 8 heteroatoms. The maximum Gasteiger partial charge on any atom is 0.310 e. The number of para-hydroxylation sites is 1. The van der Waals surface area contributed by atoms with Crippen LogP contribution in [0.1, 0.15) is 5.56 Å². The van der Waals surface area contributed by atoms with Gasteiger partial charge in [0.15, 0.2) is 0 Å². The minimum Gasteiger partial charge on any atom is -0.490 e. The summed E-state index contributed by atoms with van der Waals surface area (Å²) in [5, 5.41) is 6.00. The normalized spacial score (nSPS) is 11.3. The fourth-order valence-electron chi connectivity index (χ4n) is 2.56. The molecular formula is C19H18N2O5S. The highest BCUT2D eigenvalue weighted by Gasteiger charge is 2.10. The molecule has 1 aromatic heterocycles. The largest absolute Gasteiger partial charge is 0.490 e. The number of rotatable bonds is 7. The van der Waals surface area contributed by atoms with Gasteiger partial charge in [0.2, 0.25) is 10.0 Å². The first-order valence-electron chi connectivity index (χ1n) is 8.17. The molecule has 0 unspecified atom stereocenters. The second kappa shape index (κ2) is 8.15. The molecule has 0 saturated carbocycles. The van der Waals surface area contributed by atoms with Gasteiger partial charge in [-0.1, -0.05) is 24.3 Å². The molecule has 27 heavy (non-hydrogen) atoms. The van der Waals surface area contributed by atoms with Gasteiger partial charge >= 0.3 is 5.97 Å². The Labute approximate surface area is 156 Å². The first-order valence-corrected chi connectivity index (χ1v) is 9.72. The number of sulfonamides is 1. The van der Waals surface area contributed by atoms with E-state index in [-0.39, 0.29) is 30.5 Å². The summed E-state index contributed by atoms with van der Waals surface area (Å²) in [6.45, 7) is 0.224. The third-order valence-electron chi connectivity index (χ3n) is 3.82. The van der Waals surface area contributed by atoms with E-state index in [9.17, 15) is 13.2 Å². The molecule has 0 bridgehead atoms. The summed E-state index contributed by atoms with van der Waals surface area (Å²) in [5.74, 6) is 0.0815. The molecule has 3 aromatic rings. The molecule has 0 radical (unpaired) electrons. The standard InChI is InChI=1S/C19H18N2O5S/c20-27(23,24)17-8-6-16(7-9-17)25-11-12-26-18(22)13-15-4-1-3-14-5-2-10-21-19(14)15/h1-10H,11-13H2,(H2,20,23,24). The lowest BCUT2D eigenvalue weighted by atomic mass is 10.1. The summed E-state index contributed by atoms with van der Waals surface area (Å²) < 4.78 is 33.0. The first-order chi connectivity index (χ1) is 12.9. The van der Waals surface area contributed by atoms with Gasteiger partial charge in [0.1, 0.15) is 19.0 Å². The highest BCUT2D eigenvalue weighted by Crippen LogP contribution is 2.17. The molecule has 0 spiro atoms. The minimum atomic E-state index is -3.73. The zero-order chi connectivity index (χ0) is 19.3. The Morgan fingerprint density at radius 3 is 2.48 bits per heavy atom. The average Bonchev–Trinajstić information content (AvgIpc) is 2.65.